The highest BCUT2D eigenvalue weighted by Crippen LogP contribution is 2.36. The lowest BCUT2D eigenvalue weighted by Crippen LogP contribution is -2.14. The molecule has 116 valence electrons. The summed E-state index contributed by atoms with van der Waals surface area (Å²) >= 11 is 0. The van der Waals surface area contributed by atoms with Crippen LogP contribution >= 0.6 is 0 Å². The van der Waals surface area contributed by atoms with E-state index in [4.69, 9.17) is 0 Å². The molecule has 2 N–H and O–H groups in total. The van der Waals surface area contributed by atoms with Gasteiger partial charge in [0.05, 0.1) is 23.1 Å². The van der Waals surface area contributed by atoms with Gasteiger partial charge in [-0.25, -0.2) is 0 Å². The molecule has 1 aliphatic carbocycles. The molecule has 8 nitrogen and oxygen atoms in total. The maximum absolute atomic E-state index is 10.8. The van der Waals surface area contributed by atoms with E-state index in [1.54, 1.807) is 0 Å². The van der Waals surface area contributed by atoms with E-state index in [-0.39, 0.29) is 30.3 Å². The van der Waals surface area contributed by atoms with Crippen molar-refractivity contribution in [1.82, 2.24) is 0 Å². The quantitative estimate of drug-likeness (QED) is 0.629. The molecule has 1 aromatic rings. The molecule has 0 saturated heterocycles. The van der Waals surface area contributed by atoms with Crippen molar-refractivity contribution in [2.75, 3.05) is 6.61 Å². The van der Waals surface area contributed by atoms with Crippen molar-refractivity contribution in [3.8, 4) is 0 Å². The Morgan fingerprint density at radius 1 is 1.14 bits per heavy atom. The van der Waals surface area contributed by atoms with Crippen molar-refractivity contribution in [2.45, 2.75) is 18.9 Å². The van der Waals surface area contributed by atoms with Crippen LogP contribution in [0.25, 0.3) is 0 Å². The van der Waals surface area contributed by atoms with Crippen LogP contribution in [0.5, 0.6) is 0 Å². The van der Waals surface area contributed by atoms with Crippen molar-refractivity contribution >= 4 is 5.69 Å². The molecule has 1 atom stereocenters. The number of nitro groups is 2. The van der Waals surface area contributed by atoms with E-state index in [2.05, 4.69) is 0 Å². The van der Waals surface area contributed by atoms with Crippen LogP contribution in [0.4, 0.5) is 5.69 Å². The van der Waals surface area contributed by atoms with Gasteiger partial charge in [0.1, 0.15) is 0 Å². The number of hydrogen-bond donors (Lipinski definition) is 2. The summed E-state index contributed by atoms with van der Waals surface area (Å²) in [4.78, 5) is 20.5. The van der Waals surface area contributed by atoms with Gasteiger partial charge in [-0.2, -0.15) is 0 Å². The lowest BCUT2D eigenvalue weighted by atomic mass is 9.82. The van der Waals surface area contributed by atoms with E-state index in [0.717, 1.165) is 0 Å². The Bertz CT molecular complexity index is 680. The van der Waals surface area contributed by atoms with Crippen LogP contribution < -0.4 is 0 Å². The van der Waals surface area contributed by atoms with Crippen molar-refractivity contribution in [3.05, 3.63) is 73.0 Å². The zero-order chi connectivity index (χ0) is 16.3. The van der Waals surface area contributed by atoms with Gasteiger partial charge in [-0.1, -0.05) is 6.07 Å². The largest absolute Gasteiger partial charge is 0.392 e. The van der Waals surface area contributed by atoms with E-state index in [9.17, 15) is 30.4 Å². The fourth-order valence-corrected chi connectivity index (χ4v) is 2.53. The number of aliphatic hydroxyl groups excluding tert-OH is 2. The molecular weight excluding hydrogens is 292 g/mol. The van der Waals surface area contributed by atoms with Crippen molar-refractivity contribution in [1.29, 1.82) is 0 Å². The third-order valence-corrected chi connectivity index (χ3v) is 3.62. The number of allylic oxidation sites excluding steroid dienone is 2. The Balaban J connectivity index is 2.42. The Labute approximate surface area is 125 Å². The third-order valence-electron chi connectivity index (χ3n) is 3.62. The summed E-state index contributed by atoms with van der Waals surface area (Å²) in [5.41, 5.74) is 1.20. The van der Waals surface area contributed by atoms with Crippen molar-refractivity contribution in [2.24, 2.45) is 0 Å². The van der Waals surface area contributed by atoms with Crippen LogP contribution in [0, 0.1) is 20.2 Å². The van der Waals surface area contributed by atoms with Crippen molar-refractivity contribution < 1.29 is 20.1 Å². The summed E-state index contributed by atoms with van der Waals surface area (Å²) in [5.74, 6) is -0.350. The molecule has 0 saturated carbocycles. The average molecular weight is 306 g/mol. The van der Waals surface area contributed by atoms with E-state index in [1.165, 1.54) is 30.4 Å². The van der Waals surface area contributed by atoms with Crippen LogP contribution in [0.2, 0.25) is 0 Å². The Kier molecular flexibility index (Phi) is 4.64. The summed E-state index contributed by atoms with van der Waals surface area (Å²) in [7, 11) is 0. The summed E-state index contributed by atoms with van der Waals surface area (Å²) in [5, 5.41) is 40.4. The lowest BCUT2D eigenvalue weighted by molar-refractivity contribution is -0.419. The maximum Gasteiger partial charge on any atom is 0.269 e. The van der Waals surface area contributed by atoms with Gasteiger partial charge in [0, 0.05) is 24.1 Å². The molecule has 0 heterocycles. The summed E-state index contributed by atoms with van der Waals surface area (Å²) < 4.78 is 0. The molecule has 1 unspecified atom stereocenters. The Morgan fingerprint density at radius 2 is 1.86 bits per heavy atom. The van der Waals surface area contributed by atoms with Gasteiger partial charge < -0.3 is 10.2 Å². The van der Waals surface area contributed by atoms with Crippen LogP contribution in [-0.2, 0) is 6.61 Å². The third kappa shape index (κ3) is 3.02. The number of aliphatic hydroxyl groups is 2. The molecule has 8 heteroatoms. The van der Waals surface area contributed by atoms with Crippen LogP contribution in [-0.4, -0.2) is 26.7 Å². The fraction of sp³-hybridized carbons (Fsp3) is 0.286. The summed E-state index contributed by atoms with van der Waals surface area (Å²) in [6.07, 6.45) is 3.02. The molecule has 1 aliphatic rings. The second kappa shape index (κ2) is 6.46. The summed E-state index contributed by atoms with van der Waals surface area (Å²) in [6.45, 7) is -0.754. The first-order valence-electron chi connectivity index (χ1n) is 6.51. The monoisotopic (exact) mass is 306 g/mol. The fourth-order valence-electron chi connectivity index (χ4n) is 2.53. The molecular formula is C14H14N2O6. The Hall–Kier alpha value is -2.58. The highest BCUT2D eigenvalue weighted by molar-refractivity contribution is 5.46. The molecule has 1 aromatic carbocycles. The second-order valence-electron chi connectivity index (χ2n) is 4.85. The molecule has 0 radical (unpaired) electrons. The van der Waals surface area contributed by atoms with Gasteiger partial charge in [-0.15, -0.1) is 0 Å². The number of rotatable bonds is 5. The predicted molar refractivity (Wildman–Crippen MR) is 76.6 cm³/mol. The minimum absolute atomic E-state index is 0.0900. The number of nitrogens with zero attached hydrogens (tertiary/aromatic N) is 2. The van der Waals surface area contributed by atoms with Crippen LogP contribution in [0.1, 0.15) is 23.5 Å². The summed E-state index contributed by atoms with van der Waals surface area (Å²) in [6, 6.07) is 4.11. The molecule has 0 fully saturated rings. The molecule has 0 aromatic heterocycles. The zero-order valence-corrected chi connectivity index (χ0v) is 11.5. The average Bonchev–Trinajstić information content (AvgIpc) is 2.53. The van der Waals surface area contributed by atoms with E-state index in [0.29, 0.717) is 16.7 Å². The predicted octanol–water partition coefficient (Wildman–Crippen LogP) is 1.65. The molecule has 0 bridgehead atoms. The Morgan fingerprint density at radius 3 is 2.41 bits per heavy atom. The maximum atomic E-state index is 10.8. The van der Waals surface area contributed by atoms with Gasteiger partial charge in [0.2, 0.25) is 0 Å². The number of non-ortho nitro benzene ring substituents is 1. The normalized spacial score (nSPS) is 17.6. The van der Waals surface area contributed by atoms with E-state index < -0.39 is 16.5 Å². The molecule has 0 spiro atoms. The second-order valence-corrected chi connectivity index (χ2v) is 4.85. The zero-order valence-electron chi connectivity index (χ0n) is 11.5. The topological polar surface area (TPSA) is 127 Å². The lowest BCUT2D eigenvalue weighted by Gasteiger charge is -2.22. The van der Waals surface area contributed by atoms with Crippen LogP contribution in [0.3, 0.4) is 0 Å². The number of benzene rings is 1. The molecule has 22 heavy (non-hydrogen) atoms. The smallest absolute Gasteiger partial charge is 0.269 e. The standard InChI is InChI=1S/C14H14N2O6/c17-7-9-5-11(15(19)20)1-3-13(9)14-4-2-12(16(21)22)6-10(14)8-18/h1-3,5-6,14,17-18H,4,7-8H2. The molecule has 0 aliphatic heterocycles. The molecule has 0 amide bonds. The van der Waals surface area contributed by atoms with E-state index in [1.807, 2.05) is 0 Å². The van der Waals surface area contributed by atoms with Crippen molar-refractivity contribution in [3.63, 3.8) is 0 Å². The van der Waals surface area contributed by atoms with Crippen LogP contribution in [0.15, 0.2) is 41.6 Å². The number of nitro benzene ring substituents is 1. The highest BCUT2D eigenvalue weighted by atomic mass is 16.6. The first-order valence-corrected chi connectivity index (χ1v) is 6.51. The van der Waals surface area contributed by atoms with Gasteiger partial charge in [-0.05, 0) is 29.2 Å². The number of hydrogen-bond acceptors (Lipinski definition) is 6. The SMILES string of the molecule is O=[N+]([O-])C1=CCC(c2ccc([N+](=O)[O-])cc2CO)C(CO)=C1. The van der Waals surface area contributed by atoms with Gasteiger partial charge >= 0.3 is 0 Å². The highest BCUT2D eigenvalue weighted by Gasteiger charge is 2.26. The minimum Gasteiger partial charge on any atom is -0.392 e. The van der Waals surface area contributed by atoms with Gasteiger partial charge in [0.15, 0.2) is 0 Å². The van der Waals surface area contributed by atoms with Gasteiger partial charge in [0.25, 0.3) is 11.4 Å². The minimum atomic E-state index is -0.558. The van der Waals surface area contributed by atoms with E-state index >= 15 is 0 Å². The molecule has 2 rings (SSSR count). The first-order chi connectivity index (χ1) is 10.5. The van der Waals surface area contributed by atoms with Gasteiger partial charge in [-0.3, -0.25) is 20.2 Å². The first kappa shape index (κ1) is 15.8.